The molecule has 1 saturated heterocycles. The van der Waals surface area contributed by atoms with E-state index in [1.807, 2.05) is 36.4 Å². The number of hydrogen-bond donors (Lipinski definition) is 1. The van der Waals surface area contributed by atoms with Crippen LogP contribution in [0.1, 0.15) is 12.0 Å². The van der Waals surface area contributed by atoms with Crippen molar-refractivity contribution in [2.24, 2.45) is 5.92 Å². The Morgan fingerprint density at radius 1 is 1.41 bits per heavy atom. The van der Waals surface area contributed by atoms with Gasteiger partial charge in [0.15, 0.2) is 0 Å². The van der Waals surface area contributed by atoms with Gasteiger partial charge in [0.25, 0.3) is 0 Å². The summed E-state index contributed by atoms with van der Waals surface area (Å²) in [7, 11) is 0. The van der Waals surface area contributed by atoms with E-state index in [0.29, 0.717) is 6.54 Å². The summed E-state index contributed by atoms with van der Waals surface area (Å²) in [6.07, 6.45) is 4.34. The van der Waals surface area contributed by atoms with Crippen LogP contribution >= 0.6 is 0 Å². The Hall–Kier alpha value is -1.61. The predicted molar refractivity (Wildman–Crippen MR) is 67.2 cm³/mol. The maximum atomic E-state index is 11.8. The summed E-state index contributed by atoms with van der Waals surface area (Å²) in [5.41, 5.74) is 1.03. The van der Waals surface area contributed by atoms with E-state index in [1.165, 1.54) is 0 Å². The van der Waals surface area contributed by atoms with Gasteiger partial charge in [-0.25, -0.2) is 0 Å². The maximum Gasteiger partial charge on any atom is 0.246 e. The molecule has 1 aromatic rings. The number of amides is 1. The molecule has 1 amide bonds. The van der Waals surface area contributed by atoms with E-state index < -0.39 is 0 Å². The van der Waals surface area contributed by atoms with Gasteiger partial charge in [-0.3, -0.25) is 4.79 Å². The minimum absolute atomic E-state index is 0.0322. The molecule has 1 heterocycles. The van der Waals surface area contributed by atoms with Gasteiger partial charge in [0, 0.05) is 31.7 Å². The van der Waals surface area contributed by atoms with Crippen molar-refractivity contribution < 1.29 is 9.90 Å². The van der Waals surface area contributed by atoms with Crippen LogP contribution in [0.2, 0.25) is 0 Å². The third kappa shape index (κ3) is 3.17. The Balaban J connectivity index is 1.92. The molecule has 1 aliphatic rings. The molecular formula is C14H17NO2. The SMILES string of the molecule is O=C(/C=C/c1ccccc1)N1CC[C@H](CO)C1. The summed E-state index contributed by atoms with van der Waals surface area (Å²) in [5.74, 6) is 0.286. The van der Waals surface area contributed by atoms with Crippen molar-refractivity contribution in [1.82, 2.24) is 4.90 Å². The Morgan fingerprint density at radius 3 is 2.82 bits per heavy atom. The van der Waals surface area contributed by atoms with Gasteiger partial charge in [-0.1, -0.05) is 30.3 Å². The Morgan fingerprint density at radius 2 is 2.18 bits per heavy atom. The van der Waals surface area contributed by atoms with Crippen molar-refractivity contribution in [3.05, 3.63) is 42.0 Å². The summed E-state index contributed by atoms with van der Waals surface area (Å²) in [6, 6.07) is 9.77. The zero-order valence-electron chi connectivity index (χ0n) is 9.75. The van der Waals surface area contributed by atoms with Gasteiger partial charge in [0.1, 0.15) is 0 Å². The van der Waals surface area contributed by atoms with E-state index in [1.54, 1.807) is 11.0 Å². The van der Waals surface area contributed by atoms with Gasteiger partial charge >= 0.3 is 0 Å². The summed E-state index contributed by atoms with van der Waals surface area (Å²) < 4.78 is 0. The monoisotopic (exact) mass is 231 g/mol. The van der Waals surface area contributed by atoms with Crippen molar-refractivity contribution in [2.75, 3.05) is 19.7 Å². The number of rotatable bonds is 3. The van der Waals surface area contributed by atoms with Crippen LogP contribution < -0.4 is 0 Å². The topological polar surface area (TPSA) is 40.5 Å². The zero-order chi connectivity index (χ0) is 12.1. The fourth-order valence-electron chi connectivity index (χ4n) is 2.02. The minimum Gasteiger partial charge on any atom is -0.396 e. The normalized spacial score (nSPS) is 20.1. The fraction of sp³-hybridized carbons (Fsp3) is 0.357. The Bertz CT molecular complexity index is 400. The molecular weight excluding hydrogens is 214 g/mol. The van der Waals surface area contributed by atoms with Gasteiger partial charge < -0.3 is 10.0 Å². The molecule has 1 atom stereocenters. The molecule has 17 heavy (non-hydrogen) atoms. The van der Waals surface area contributed by atoms with E-state index >= 15 is 0 Å². The quantitative estimate of drug-likeness (QED) is 0.802. The first-order valence-corrected chi connectivity index (χ1v) is 5.92. The highest BCUT2D eigenvalue weighted by Gasteiger charge is 2.23. The van der Waals surface area contributed by atoms with Crippen LogP contribution in [-0.2, 0) is 4.79 Å². The van der Waals surface area contributed by atoms with Gasteiger partial charge in [0.05, 0.1) is 0 Å². The third-order valence-electron chi connectivity index (χ3n) is 3.07. The molecule has 3 heteroatoms. The molecule has 1 aliphatic heterocycles. The average molecular weight is 231 g/mol. The second-order valence-corrected chi connectivity index (χ2v) is 4.37. The minimum atomic E-state index is 0.0322. The number of likely N-dealkylation sites (tertiary alicyclic amines) is 1. The van der Waals surface area contributed by atoms with Crippen LogP contribution in [0.4, 0.5) is 0 Å². The first kappa shape index (κ1) is 11.9. The summed E-state index contributed by atoms with van der Waals surface area (Å²) in [5, 5.41) is 9.02. The number of carbonyl (C=O) groups is 1. The van der Waals surface area contributed by atoms with Crippen LogP contribution in [0.25, 0.3) is 6.08 Å². The highest BCUT2D eigenvalue weighted by atomic mass is 16.3. The zero-order valence-corrected chi connectivity index (χ0v) is 9.75. The van der Waals surface area contributed by atoms with Crippen molar-refractivity contribution in [3.63, 3.8) is 0 Å². The molecule has 1 N–H and O–H groups in total. The number of hydrogen-bond acceptors (Lipinski definition) is 2. The molecule has 3 nitrogen and oxygen atoms in total. The molecule has 0 unspecified atom stereocenters. The summed E-state index contributed by atoms with van der Waals surface area (Å²) in [4.78, 5) is 13.6. The molecule has 0 bridgehead atoms. The second kappa shape index (κ2) is 5.64. The highest BCUT2D eigenvalue weighted by Crippen LogP contribution is 2.15. The van der Waals surface area contributed by atoms with Crippen LogP contribution in [0, 0.1) is 5.92 Å². The van der Waals surface area contributed by atoms with E-state index in [4.69, 9.17) is 5.11 Å². The maximum absolute atomic E-state index is 11.8. The van der Waals surface area contributed by atoms with Crippen LogP contribution in [0.15, 0.2) is 36.4 Å². The fourth-order valence-corrected chi connectivity index (χ4v) is 2.02. The standard InChI is InChI=1S/C14H17NO2/c16-11-13-8-9-15(10-13)14(17)7-6-12-4-2-1-3-5-12/h1-7,13,16H,8-11H2/b7-6+/t13-/m0/s1. The lowest BCUT2D eigenvalue weighted by Gasteiger charge is -2.13. The number of nitrogens with zero attached hydrogens (tertiary/aromatic N) is 1. The van der Waals surface area contributed by atoms with E-state index in [2.05, 4.69) is 0 Å². The van der Waals surface area contributed by atoms with Crippen LogP contribution in [0.3, 0.4) is 0 Å². The largest absolute Gasteiger partial charge is 0.396 e. The van der Waals surface area contributed by atoms with Gasteiger partial charge in [-0.2, -0.15) is 0 Å². The predicted octanol–water partition coefficient (Wildman–Crippen LogP) is 1.54. The molecule has 2 rings (SSSR count). The summed E-state index contributed by atoms with van der Waals surface area (Å²) >= 11 is 0. The van der Waals surface area contributed by atoms with Crippen molar-refractivity contribution >= 4 is 12.0 Å². The molecule has 1 aromatic carbocycles. The van der Waals surface area contributed by atoms with E-state index in [9.17, 15) is 4.79 Å². The average Bonchev–Trinajstić information content (AvgIpc) is 2.86. The lowest BCUT2D eigenvalue weighted by Crippen LogP contribution is -2.27. The van der Waals surface area contributed by atoms with Crippen molar-refractivity contribution in [1.29, 1.82) is 0 Å². The number of aliphatic hydroxyl groups is 1. The molecule has 0 radical (unpaired) electrons. The molecule has 0 spiro atoms. The molecule has 0 aliphatic carbocycles. The molecule has 1 fully saturated rings. The number of benzene rings is 1. The second-order valence-electron chi connectivity index (χ2n) is 4.37. The van der Waals surface area contributed by atoms with Gasteiger partial charge in [-0.05, 0) is 18.1 Å². The van der Waals surface area contributed by atoms with Crippen LogP contribution in [0.5, 0.6) is 0 Å². The number of carbonyl (C=O) groups excluding carboxylic acids is 1. The molecule has 0 saturated carbocycles. The molecule has 90 valence electrons. The Kier molecular flexibility index (Phi) is 3.94. The summed E-state index contributed by atoms with van der Waals surface area (Å²) in [6.45, 7) is 1.60. The first-order chi connectivity index (χ1) is 8.29. The van der Waals surface area contributed by atoms with E-state index in [0.717, 1.165) is 18.5 Å². The lowest BCUT2D eigenvalue weighted by atomic mass is 10.1. The van der Waals surface area contributed by atoms with Gasteiger partial charge in [-0.15, -0.1) is 0 Å². The highest BCUT2D eigenvalue weighted by molar-refractivity contribution is 5.91. The van der Waals surface area contributed by atoms with Crippen molar-refractivity contribution in [2.45, 2.75) is 6.42 Å². The number of aliphatic hydroxyl groups excluding tert-OH is 1. The smallest absolute Gasteiger partial charge is 0.246 e. The van der Waals surface area contributed by atoms with Gasteiger partial charge in [0.2, 0.25) is 5.91 Å². The first-order valence-electron chi connectivity index (χ1n) is 5.92. The third-order valence-corrected chi connectivity index (χ3v) is 3.07. The molecule has 0 aromatic heterocycles. The Labute approximate surface area is 101 Å². The lowest BCUT2D eigenvalue weighted by molar-refractivity contribution is -0.125. The van der Waals surface area contributed by atoms with Crippen LogP contribution in [-0.4, -0.2) is 35.6 Å². The van der Waals surface area contributed by atoms with Crippen molar-refractivity contribution in [3.8, 4) is 0 Å². The van der Waals surface area contributed by atoms with E-state index in [-0.39, 0.29) is 18.4 Å².